The summed E-state index contributed by atoms with van der Waals surface area (Å²) in [5.41, 5.74) is -2.39. The van der Waals surface area contributed by atoms with Crippen LogP contribution in [0.15, 0.2) is 33.5 Å². The number of aliphatic hydroxyl groups is 3. The predicted octanol–water partition coefficient (Wildman–Crippen LogP) is 0.664. The monoisotopic (exact) mass is 280 g/mol. The second-order valence-electron chi connectivity index (χ2n) is 5.25. The fourth-order valence-corrected chi connectivity index (χ4v) is 1.88. The minimum Gasteiger partial charge on any atom is -0.508 e. The second kappa shape index (κ2) is 4.90. The highest BCUT2D eigenvalue weighted by Crippen LogP contribution is 2.26. The standard InChI is InChI=1S/C14H16O6/c1-14(2,19)12(17)11(16)9-5-7-3-4-8(15)6-10(7)20-13(9)18/h3-6,11-12,15-17,19H,1-2H3. The van der Waals surface area contributed by atoms with E-state index in [2.05, 4.69) is 0 Å². The Kier molecular flexibility index (Phi) is 3.56. The molecule has 0 aliphatic rings. The van der Waals surface area contributed by atoms with Crippen LogP contribution in [0, 0.1) is 0 Å². The van der Waals surface area contributed by atoms with Crippen molar-refractivity contribution in [3.63, 3.8) is 0 Å². The molecule has 0 bridgehead atoms. The third-order valence-electron chi connectivity index (χ3n) is 3.09. The van der Waals surface area contributed by atoms with E-state index in [1.165, 1.54) is 38.1 Å². The molecule has 0 saturated heterocycles. The molecule has 0 fully saturated rings. The first-order chi connectivity index (χ1) is 9.20. The van der Waals surface area contributed by atoms with Gasteiger partial charge in [-0.1, -0.05) is 0 Å². The lowest BCUT2D eigenvalue weighted by Gasteiger charge is -2.28. The zero-order chi connectivity index (χ0) is 15.1. The number of phenolic OH excluding ortho intramolecular Hbond substituents is 1. The molecule has 1 aromatic carbocycles. The van der Waals surface area contributed by atoms with E-state index in [-0.39, 0.29) is 16.9 Å². The van der Waals surface area contributed by atoms with Crippen molar-refractivity contribution >= 4 is 11.0 Å². The molecule has 1 aromatic heterocycles. The topological polar surface area (TPSA) is 111 Å². The normalized spacial score (nSPS) is 15.2. The van der Waals surface area contributed by atoms with Crippen molar-refractivity contribution in [2.45, 2.75) is 31.7 Å². The quantitative estimate of drug-likeness (QED) is 0.615. The van der Waals surface area contributed by atoms with Gasteiger partial charge in [0.2, 0.25) is 0 Å². The highest BCUT2D eigenvalue weighted by molar-refractivity contribution is 5.78. The van der Waals surface area contributed by atoms with Gasteiger partial charge < -0.3 is 24.8 Å². The van der Waals surface area contributed by atoms with Crippen LogP contribution >= 0.6 is 0 Å². The molecule has 2 rings (SSSR count). The Morgan fingerprint density at radius 1 is 1.20 bits per heavy atom. The number of aliphatic hydroxyl groups excluding tert-OH is 2. The van der Waals surface area contributed by atoms with Gasteiger partial charge in [0.25, 0.3) is 0 Å². The molecule has 0 spiro atoms. The molecular formula is C14H16O6. The van der Waals surface area contributed by atoms with Crippen LogP contribution < -0.4 is 5.63 Å². The van der Waals surface area contributed by atoms with Crippen LogP contribution in [-0.4, -0.2) is 32.1 Å². The van der Waals surface area contributed by atoms with Crippen LogP contribution in [0.5, 0.6) is 5.75 Å². The summed E-state index contributed by atoms with van der Waals surface area (Å²) in [5.74, 6) is -0.0505. The summed E-state index contributed by atoms with van der Waals surface area (Å²) in [6.07, 6.45) is -3.12. The van der Waals surface area contributed by atoms with Gasteiger partial charge in [-0.15, -0.1) is 0 Å². The third-order valence-corrected chi connectivity index (χ3v) is 3.09. The number of hydrogen-bond acceptors (Lipinski definition) is 6. The van der Waals surface area contributed by atoms with Gasteiger partial charge >= 0.3 is 5.63 Å². The molecule has 0 radical (unpaired) electrons. The van der Waals surface area contributed by atoms with Gasteiger partial charge in [-0.25, -0.2) is 4.79 Å². The molecule has 1 heterocycles. The summed E-state index contributed by atoms with van der Waals surface area (Å²) in [4.78, 5) is 11.8. The van der Waals surface area contributed by atoms with Crippen LogP contribution in [0.25, 0.3) is 11.0 Å². The van der Waals surface area contributed by atoms with Crippen LogP contribution in [0.1, 0.15) is 25.5 Å². The lowest BCUT2D eigenvalue weighted by molar-refractivity contribution is -0.108. The summed E-state index contributed by atoms with van der Waals surface area (Å²) in [5, 5.41) is 39.3. The van der Waals surface area contributed by atoms with Crippen LogP contribution in [0.2, 0.25) is 0 Å². The summed E-state index contributed by atoms with van der Waals surface area (Å²) in [6, 6.07) is 5.56. The summed E-state index contributed by atoms with van der Waals surface area (Å²) < 4.78 is 4.99. The zero-order valence-corrected chi connectivity index (χ0v) is 11.1. The minimum atomic E-state index is -1.58. The first-order valence-electron chi connectivity index (χ1n) is 6.05. The first-order valence-corrected chi connectivity index (χ1v) is 6.05. The Morgan fingerprint density at radius 3 is 2.45 bits per heavy atom. The Labute approximate surface area is 114 Å². The molecule has 0 saturated carbocycles. The van der Waals surface area contributed by atoms with Gasteiger partial charge in [-0.05, 0) is 32.0 Å². The third kappa shape index (κ3) is 2.67. The molecule has 6 heteroatoms. The van der Waals surface area contributed by atoms with E-state index in [0.717, 1.165) is 0 Å². The smallest absolute Gasteiger partial charge is 0.342 e. The van der Waals surface area contributed by atoms with E-state index >= 15 is 0 Å². The molecular weight excluding hydrogens is 264 g/mol. The van der Waals surface area contributed by atoms with E-state index in [0.29, 0.717) is 5.39 Å². The van der Waals surface area contributed by atoms with Crippen LogP contribution in [0.4, 0.5) is 0 Å². The van der Waals surface area contributed by atoms with Crippen molar-refractivity contribution in [1.82, 2.24) is 0 Å². The Balaban J connectivity index is 2.52. The maximum atomic E-state index is 11.8. The van der Waals surface area contributed by atoms with Gasteiger partial charge in [0.1, 0.15) is 23.5 Å². The Morgan fingerprint density at radius 2 is 1.85 bits per heavy atom. The molecule has 108 valence electrons. The highest BCUT2D eigenvalue weighted by Gasteiger charge is 2.34. The summed E-state index contributed by atoms with van der Waals surface area (Å²) in [7, 11) is 0. The molecule has 2 unspecified atom stereocenters. The average molecular weight is 280 g/mol. The van der Waals surface area contributed by atoms with Crippen molar-refractivity contribution in [2.24, 2.45) is 0 Å². The molecule has 2 aromatic rings. The minimum absolute atomic E-state index is 0.0505. The van der Waals surface area contributed by atoms with Gasteiger partial charge in [0.15, 0.2) is 0 Å². The van der Waals surface area contributed by atoms with Crippen molar-refractivity contribution in [2.75, 3.05) is 0 Å². The highest BCUT2D eigenvalue weighted by atomic mass is 16.4. The van der Waals surface area contributed by atoms with E-state index in [1.54, 1.807) is 0 Å². The number of hydrogen-bond donors (Lipinski definition) is 4. The summed E-state index contributed by atoms with van der Waals surface area (Å²) in [6.45, 7) is 2.64. The van der Waals surface area contributed by atoms with E-state index in [1.807, 2.05) is 0 Å². The molecule has 20 heavy (non-hydrogen) atoms. The van der Waals surface area contributed by atoms with Gasteiger partial charge in [0, 0.05) is 11.5 Å². The number of aromatic hydroxyl groups is 1. The van der Waals surface area contributed by atoms with E-state index in [4.69, 9.17) is 4.42 Å². The Hall–Kier alpha value is -1.89. The lowest BCUT2D eigenvalue weighted by atomic mass is 9.93. The summed E-state index contributed by atoms with van der Waals surface area (Å²) >= 11 is 0. The van der Waals surface area contributed by atoms with Gasteiger partial charge in [-0.3, -0.25) is 0 Å². The number of rotatable bonds is 3. The van der Waals surface area contributed by atoms with E-state index < -0.39 is 23.4 Å². The van der Waals surface area contributed by atoms with Crippen molar-refractivity contribution in [3.8, 4) is 5.75 Å². The molecule has 2 atom stereocenters. The largest absolute Gasteiger partial charge is 0.508 e. The van der Waals surface area contributed by atoms with Crippen molar-refractivity contribution < 1.29 is 24.8 Å². The maximum absolute atomic E-state index is 11.8. The van der Waals surface area contributed by atoms with E-state index in [9.17, 15) is 25.2 Å². The maximum Gasteiger partial charge on any atom is 0.342 e. The fourth-order valence-electron chi connectivity index (χ4n) is 1.88. The predicted molar refractivity (Wildman–Crippen MR) is 71.4 cm³/mol. The fraction of sp³-hybridized carbons (Fsp3) is 0.357. The lowest BCUT2D eigenvalue weighted by Crippen LogP contribution is -2.41. The molecule has 0 amide bonds. The number of benzene rings is 1. The number of phenols is 1. The van der Waals surface area contributed by atoms with Gasteiger partial charge in [0.05, 0.1) is 11.2 Å². The number of fused-ring (bicyclic) bond motifs is 1. The molecule has 0 aliphatic heterocycles. The van der Waals surface area contributed by atoms with Crippen LogP contribution in [0.3, 0.4) is 0 Å². The molecule has 6 nitrogen and oxygen atoms in total. The SMILES string of the molecule is CC(C)(O)C(O)C(O)c1cc2ccc(O)cc2oc1=O. The first kappa shape index (κ1) is 14.5. The average Bonchev–Trinajstić information content (AvgIpc) is 2.35. The van der Waals surface area contributed by atoms with Crippen molar-refractivity contribution in [3.05, 3.63) is 40.2 Å². The van der Waals surface area contributed by atoms with Crippen LogP contribution in [-0.2, 0) is 0 Å². The zero-order valence-electron chi connectivity index (χ0n) is 11.1. The van der Waals surface area contributed by atoms with Crippen molar-refractivity contribution in [1.29, 1.82) is 0 Å². The second-order valence-corrected chi connectivity index (χ2v) is 5.25. The Bertz CT molecular complexity index is 682. The molecule has 4 N–H and O–H groups in total. The molecule has 0 aliphatic carbocycles. The van der Waals surface area contributed by atoms with Gasteiger partial charge in [-0.2, -0.15) is 0 Å².